The molecule has 96 valence electrons. The fourth-order valence-corrected chi connectivity index (χ4v) is 4.46. The predicted molar refractivity (Wildman–Crippen MR) is 68.1 cm³/mol. The molecule has 0 spiro atoms. The van der Waals surface area contributed by atoms with E-state index in [-0.39, 0.29) is 11.9 Å². The van der Waals surface area contributed by atoms with Crippen LogP contribution in [-0.4, -0.2) is 6.04 Å². The molecule has 1 saturated heterocycles. The van der Waals surface area contributed by atoms with E-state index in [1.165, 1.54) is 19.3 Å². The van der Waals surface area contributed by atoms with E-state index in [9.17, 15) is 4.39 Å². The van der Waals surface area contributed by atoms with E-state index in [2.05, 4.69) is 10.9 Å². The second kappa shape index (κ2) is 4.04. The smallest absolute Gasteiger partial charge is 0.128 e. The average molecular weight is 246 g/mol. The van der Waals surface area contributed by atoms with Crippen molar-refractivity contribution in [1.29, 1.82) is 0 Å². The molecule has 5 unspecified atom stereocenters. The van der Waals surface area contributed by atoms with Gasteiger partial charge >= 0.3 is 0 Å². The van der Waals surface area contributed by atoms with Crippen LogP contribution in [-0.2, 0) is 0 Å². The van der Waals surface area contributed by atoms with Crippen LogP contribution in [0.15, 0.2) is 24.3 Å². The highest BCUT2D eigenvalue weighted by Crippen LogP contribution is 2.52. The van der Waals surface area contributed by atoms with Gasteiger partial charge in [0.2, 0.25) is 0 Å². The van der Waals surface area contributed by atoms with Gasteiger partial charge in [-0.15, -0.1) is 0 Å². The maximum atomic E-state index is 13.8. The van der Waals surface area contributed by atoms with Crippen molar-refractivity contribution in [2.75, 3.05) is 0 Å². The third kappa shape index (κ3) is 1.54. The van der Waals surface area contributed by atoms with Crippen LogP contribution in [0.3, 0.4) is 0 Å². The Morgan fingerprint density at radius 2 is 1.83 bits per heavy atom. The predicted octanol–water partition coefficient (Wildman–Crippen LogP) is 2.78. The van der Waals surface area contributed by atoms with E-state index >= 15 is 0 Å². The average Bonchev–Trinajstić information content (AvgIpc) is 3.00. The maximum Gasteiger partial charge on any atom is 0.128 e. The molecule has 5 atom stereocenters. The van der Waals surface area contributed by atoms with Gasteiger partial charge in [0.05, 0.1) is 0 Å². The number of halogens is 1. The van der Waals surface area contributed by atoms with Crippen LogP contribution in [0.2, 0.25) is 0 Å². The molecule has 0 amide bonds. The minimum absolute atomic E-state index is 0.0848. The number of hydrazine groups is 1. The molecular formula is C15H19FN2. The lowest BCUT2D eigenvalue weighted by molar-refractivity contribution is 0.138. The second-order valence-corrected chi connectivity index (χ2v) is 6.12. The van der Waals surface area contributed by atoms with Crippen molar-refractivity contribution in [2.45, 2.75) is 37.8 Å². The fourth-order valence-electron chi connectivity index (χ4n) is 4.46. The Morgan fingerprint density at radius 3 is 2.72 bits per heavy atom. The first-order valence-electron chi connectivity index (χ1n) is 7.08. The van der Waals surface area contributed by atoms with Crippen molar-refractivity contribution in [3.63, 3.8) is 0 Å². The zero-order valence-electron chi connectivity index (χ0n) is 10.4. The van der Waals surface area contributed by atoms with E-state index in [1.807, 2.05) is 12.1 Å². The largest absolute Gasteiger partial charge is 0.254 e. The summed E-state index contributed by atoms with van der Waals surface area (Å²) < 4.78 is 13.8. The van der Waals surface area contributed by atoms with Gasteiger partial charge in [0.25, 0.3) is 0 Å². The van der Waals surface area contributed by atoms with Gasteiger partial charge in [-0.25, -0.2) is 9.82 Å². The summed E-state index contributed by atoms with van der Waals surface area (Å²) in [6.07, 6.45) is 5.23. The molecule has 3 fully saturated rings. The van der Waals surface area contributed by atoms with Crippen molar-refractivity contribution in [1.82, 2.24) is 10.9 Å². The molecule has 2 N–H and O–H groups in total. The Balaban J connectivity index is 1.58. The van der Waals surface area contributed by atoms with Gasteiger partial charge in [0.1, 0.15) is 5.82 Å². The van der Waals surface area contributed by atoms with E-state index in [4.69, 9.17) is 0 Å². The normalized spacial score (nSPS) is 41.9. The lowest BCUT2D eigenvalue weighted by atomic mass is 9.78. The fraction of sp³-hybridized carbons (Fsp3) is 0.600. The lowest BCUT2D eigenvalue weighted by Gasteiger charge is -2.40. The van der Waals surface area contributed by atoms with Crippen molar-refractivity contribution in [3.8, 4) is 0 Å². The Morgan fingerprint density at radius 1 is 1.00 bits per heavy atom. The Hall–Kier alpha value is -0.930. The summed E-state index contributed by atoms with van der Waals surface area (Å²) >= 11 is 0. The van der Waals surface area contributed by atoms with E-state index in [1.54, 1.807) is 12.1 Å². The summed E-state index contributed by atoms with van der Waals surface area (Å²) in [6, 6.07) is 7.91. The quantitative estimate of drug-likeness (QED) is 0.796. The van der Waals surface area contributed by atoms with Crippen molar-refractivity contribution < 1.29 is 4.39 Å². The van der Waals surface area contributed by atoms with Gasteiger partial charge in [0, 0.05) is 17.6 Å². The molecule has 1 aromatic rings. The van der Waals surface area contributed by atoms with Crippen LogP contribution >= 0.6 is 0 Å². The number of nitrogens with one attached hydrogen (secondary N) is 2. The molecule has 0 radical (unpaired) electrons. The zero-order chi connectivity index (χ0) is 12.1. The standard InChI is InChI=1S/C15H19FN2/c16-13-4-2-1-3-11(13)14-8-12-9-5-6-10(7-9)15(12)18-17-14/h1-4,9-10,12,14-15,17-18H,5-8H2. The molecule has 2 bridgehead atoms. The molecule has 18 heavy (non-hydrogen) atoms. The van der Waals surface area contributed by atoms with Crippen LogP contribution in [0.4, 0.5) is 4.39 Å². The number of hydrogen-bond acceptors (Lipinski definition) is 2. The number of hydrogen-bond donors (Lipinski definition) is 2. The summed E-state index contributed by atoms with van der Waals surface area (Å²) in [5.74, 6) is 2.39. The molecule has 2 nitrogen and oxygen atoms in total. The number of benzene rings is 1. The third-order valence-corrected chi connectivity index (χ3v) is 5.30. The molecule has 1 heterocycles. The summed E-state index contributed by atoms with van der Waals surface area (Å²) in [7, 11) is 0. The summed E-state index contributed by atoms with van der Waals surface area (Å²) in [5, 5.41) is 0. The molecule has 3 aliphatic rings. The van der Waals surface area contributed by atoms with Crippen LogP contribution in [0, 0.1) is 23.6 Å². The topological polar surface area (TPSA) is 24.1 Å². The minimum atomic E-state index is -0.0848. The molecule has 0 aromatic heterocycles. The summed E-state index contributed by atoms with van der Waals surface area (Å²) in [5.41, 5.74) is 7.63. The van der Waals surface area contributed by atoms with Gasteiger partial charge in [-0.05, 0) is 49.5 Å². The van der Waals surface area contributed by atoms with Crippen LogP contribution in [0.1, 0.15) is 37.3 Å². The first kappa shape index (κ1) is 10.9. The highest BCUT2D eigenvalue weighted by molar-refractivity contribution is 5.22. The Kier molecular flexibility index (Phi) is 2.45. The highest BCUT2D eigenvalue weighted by Gasteiger charge is 2.50. The van der Waals surface area contributed by atoms with E-state index in [0.717, 1.165) is 29.7 Å². The Bertz CT molecular complexity index is 462. The van der Waals surface area contributed by atoms with Crippen molar-refractivity contribution in [3.05, 3.63) is 35.6 Å². The van der Waals surface area contributed by atoms with E-state index in [0.29, 0.717) is 6.04 Å². The van der Waals surface area contributed by atoms with Gasteiger partial charge in [-0.1, -0.05) is 18.2 Å². The number of fused-ring (bicyclic) bond motifs is 5. The maximum absolute atomic E-state index is 13.8. The van der Waals surface area contributed by atoms with Gasteiger partial charge in [-0.3, -0.25) is 5.43 Å². The molecule has 1 aromatic carbocycles. The monoisotopic (exact) mass is 246 g/mol. The highest BCUT2D eigenvalue weighted by atomic mass is 19.1. The van der Waals surface area contributed by atoms with Crippen molar-refractivity contribution >= 4 is 0 Å². The summed E-state index contributed by atoms with van der Waals surface area (Å²) in [6.45, 7) is 0. The van der Waals surface area contributed by atoms with Crippen LogP contribution in [0.25, 0.3) is 0 Å². The first-order chi connectivity index (χ1) is 8.83. The van der Waals surface area contributed by atoms with Crippen LogP contribution in [0.5, 0.6) is 0 Å². The van der Waals surface area contributed by atoms with Gasteiger partial charge < -0.3 is 0 Å². The molecular weight excluding hydrogens is 227 g/mol. The number of rotatable bonds is 1. The van der Waals surface area contributed by atoms with Gasteiger partial charge in [0.15, 0.2) is 0 Å². The molecule has 2 saturated carbocycles. The zero-order valence-corrected chi connectivity index (χ0v) is 10.4. The van der Waals surface area contributed by atoms with E-state index < -0.39 is 0 Å². The molecule has 3 heteroatoms. The van der Waals surface area contributed by atoms with Gasteiger partial charge in [-0.2, -0.15) is 0 Å². The first-order valence-corrected chi connectivity index (χ1v) is 7.08. The second-order valence-electron chi connectivity index (χ2n) is 6.12. The lowest BCUT2D eigenvalue weighted by Crippen LogP contribution is -2.54. The molecule has 2 aliphatic carbocycles. The third-order valence-electron chi connectivity index (χ3n) is 5.30. The minimum Gasteiger partial charge on any atom is -0.254 e. The van der Waals surface area contributed by atoms with Crippen LogP contribution < -0.4 is 10.9 Å². The molecule has 4 rings (SSSR count). The van der Waals surface area contributed by atoms with Crippen molar-refractivity contribution in [2.24, 2.45) is 17.8 Å². The molecule has 1 aliphatic heterocycles. The SMILES string of the molecule is Fc1ccccc1C1CC2C3CCC(C3)C2NN1. The Labute approximate surface area is 107 Å². The summed E-state index contributed by atoms with van der Waals surface area (Å²) in [4.78, 5) is 0.